The molecule has 2 rings (SSSR count). The van der Waals surface area contributed by atoms with Crippen LogP contribution in [0.2, 0.25) is 0 Å². The molecule has 0 aliphatic carbocycles. The normalized spacial score (nSPS) is 9.85. The van der Waals surface area contributed by atoms with E-state index in [0.717, 1.165) is 0 Å². The SMILES string of the molecule is COc1c(C#N)cccc1-c1nc(C)ccc1C(=O)O. The van der Waals surface area contributed by atoms with E-state index in [1.807, 2.05) is 6.07 Å². The first kappa shape index (κ1) is 13.6. The van der Waals surface area contributed by atoms with Gasteiger partial charge in [-0.1, -0.05) is 6.07 Å². The van der Waals surface area contributed by atoms with Gasteiger partial charge in [-0.2, -0.15) is 5.26 Å². The number of pyridine rings is 1. The highest BCUT2D eigenvalue weighted by molar-refractivity contribution is 5.96. The molecule has 1 N–H and O–H groups in total. The average molecular weight is 268 g/mol. The van der Waals surface area contributed by atoms with Crippen molar-refractivity contribution in [3.8, 4) is 23.1 Å². The highest BCUT2D eigenvalue weighted by Gasteiger charge is 2.18. The highest BCUT2D eigenvalue weighted by Crippen LogP contribution is 2.33. The maximum Gasteiger partial charge on any atom is 0.337 e. The second kappa shape index (κ2) is 5.41. The minimum Gasteiger partial charge on any atom is -0.495 e. The lowest BCUT2D eigenvalue weighted by atomic mass is 10.0. The Balaban J connectivity index is 2.78. The third-order valence-corrected chi connectivity index (χ3v) is 2.86. The Labute approximate surface area is 116 Å². The zero-order valence-corrected chi connectivity index (χ0v) is 11.0. The predicted octanol–water partition coefficient (Wildman–Crippen LogP) is 2.64. The Hall–Kier alpha value is -2.87. The lowest BCUT2D eigenvalue weighted by Crippen LogP contribution is -2.04. The maximum atomic E-state index is 11.3. The van der Waals surface area contributed by atoms with Crippen LogP contribution in [0.3, 0.4) is 0 Å². The van der Waals surface area contributed by atoms with Crippen LogP contribution < -0.4 is 4.74 Å². The molecule has 0 spiro atoms. The standard InChI is InChI=1S/C15H12N2O3/c1-9-6-7-12(15(18)19)13(17-9)11-5-3-4-10(8-16)14(11)20-2/h3-7H,1-2H3,(H,18,19). The van der Waals surface area contributed by atoms with Crippen LogP contribution in [-0.4, -0.2) is 23.2 Å². The molecule has 0 aliphatic rings. The predicted molar refractivity (Wildman–Crippen MR) is 72.6 cm³/mol. The number of carboxylic acids is 1. The minimum absolute atomic E-state index is 0.0731. The van der Waals surface area contributed by atoms with E-state index >= 15 is 0 Å². The summed E-state index contributed by atoms with van der Waals surface area (Å²) in [5.41, 5.74) is 1.89. The first-order valence-corrected chi connectivity index (χ1v) is 5.87. The molecule has 5 nitrogen and oxygen atoms in total. The zero-order chi connectivity index (χ0) is 14.7. The van der Waals surface area contributed by atoms with Crippen molar-refractivity contribution in [3.63, 3.8) is 0 Å². The van der Waals surface area contributed by atoms with E-state index in [0.29, 0.717) is 28.3 Å². The number of aryl methyl sites for hydroxylation is 1. The van der Waals surface area contributed by atoms with Gasteiger partial charge in [-0.15, -0.1) is 0 Å². The number of carbonyl (C=O) groups is 1. The molecule has 1 aromatic heterocycles. The van der Waals surface area contributed by atoms with Crippen LogP contribution >= 0.6 is 0 Å². The molecule has 0 amide bonds. The largest absolute Gasteiger partial charge is 0.495 e. The molecule has 100 valence electrons. The van der Waals surface area contributed by atoms with Gasteiger partial charge in [0.1, 0.15) is 11.8 Å². The van der Waals surface area contributed by atoms with E-state index in [1.54, 1.807) is 31.2 Å². The second-order valence-corrected chi connectivity index (χ2v) is 4.15. The molecular formula is C15H12N2O3. The monoisotopic (exact) mass is 268 g/mol. The molecule has 5 heteroatoms. The van der Waals surface area contributed by atoms with Crippen molar-refractivity contribution >= 4 is 5.97 Å². The van der Waals surface area contributed by atoms with Gasteiger partial charge in [0, 0.05) is 11.3 Å². The minimum atomic E-state index is -1.07. The fourth-order valence-corrected chi connectivity index (χ4v) is 1.97. The summed E-state index contributed by atoms with van der Waals surface area (Å²) in [7, 11) is 1.44. The summed E-state index contributed by atoms with van der Waals surface area (Å²) in [6.07, 6.45) is 0. The number of aromatic nitrogens is 1. The second-order valence-electron chi connectivity index (χ2n) is 4.15. The van der Waals surface area contributed by atoms with Crippen molar-refractivity contribution in [2.45, 2.75) is 6.92 Å². The fourth-order valence-electron chi connectivity index (χ4n) is 1.97. The molecule has 0 saturated heterocycles. The molecule has 0 unspecified atom stereocenters. The van der Waals surface area contributed by atoms with E-state index < -0.39 is 5.97 Å². The number of nitrogens with zero attached hydrogens (tertiary/aromatic N) is 2. The van der Waals surface area contributed by atoms with Crippen LogP contribution in [0.5, 0.6) is 5.75 Å². The van der Waals surface area contributed by atoms with Gasteiger partial charge in [-0.25, -0.2) is 4.79 Å². The van der Waals surface area contributed by atoms with E-state index in [4.69, 9.17) is 10.00 Å². The molecule has 0 fully saturated rings. The summed E-state index contributed by atoms with van der Waals surface area (Å²) < 4.78 is 5.24. The van der Waals surface area contributed by atoms with E-state index in [-0.39, 0.29) is 5.56 Å². The highest BCUT2D eigenvalue weighted by atomic mass is 16.5. The Morgan fingerprint density at radius 2 is 2.10 bits per heavy atom. The van der Waals surface area contributed by atoms with Gasteiger partial charge in [-0.05, 0) is 31.2 Å². The molecular weight excluding hydrogens is 256 g/mol. The Morgan fingerprint density at radius 3 is 2.70 bits per heavy atom. The quantitative estimate of drug-likeness (QED) is 0.925. The Morgan fingerprint density at radius 1 is 1.35 bits per heavy atom. The van der Waals surface area contributed by atoms with Gasteiger partial charge in [0.15, 0.2) is 0 Å². The molecule has 1 heterocycles. The van der Waals surface area contributed by atoms with Crippen LogP contribution in [0.1, 0.15) is 21.6 Å². The topological polar surface area (TPSA) is 83.2 Å². The number of para-hydroxylation sites is 1. The van der Waals surface area contributed by atoms with Gasteiger partial charge < -0.3 is 9.84 Å². The van der Waals surface area contributed by atoms with Crippen molar-refractivity contribution in [3.05, 3.63) is 47.2 Å². The van der Waals surface area contributed by atoms with Crippen LogP contribution in [0.15, 0.2) is 30.3 Å². The third-order valence-electron chi connectivity index (χ3n) is 2.86. The molecule has 0 atom stereocenters. The van der Waals surface area contributed by atoms with Crippen LogP contribution in [0.4, 0.5) is 0 Å². The first-order chi connectivity index (χ1) is 9.58. The maximum absolute atomic E-state index is 11.3. The van der Waals surface area contributed by atoms with Gasteiger partial charge in [-0.3, -0.25) is 4.98 Å². The summed E-state index contributed by atoms with van der Waals surface area (Å²) >= 11 is 0. The van der Waals surface area contributed by atoms with Crippen molar-refractivity contribution in [1.29, 1.82) is 5.26 Å². The van der Waals surface area contributed by atoms with Crippen molar-refractivity contribution < 1.29 is 14.6 Å². The first-order valence-electron chi connectivity index (χ1n) is 5.87. The number of nitriles is 1. The van der Waals surface area contributed by atoms with Crippen molar-refractivity contribution in [2.24, 2.45) is 0 Å². The van der Waals surface area contributed by atoms with Gasteiger partial charge in [0.05, 0.1) is 23.9 Å². The number of hydrogen-bond acceptors (Lipinski definition) is 4. The number of ether oxygens (including phenoxy) is 1. The van der Waals surface area contributed by atoms with Crippen LogP contribution in [0, 0.1) is 18.3 Å². The summed E-state index contributed by atoms with van der Waals surface area (Å²) in [4.78, 5) is 15.6. The average Bonchev–Trinajstić information content (AvgIpc) is 2.45. The van der Waals surface area contributed by atoms with Crippen LogP contribution in [0.25, 0.3) is 11.3 Å². The Bertz CT molecular complexity index is 718. The smallest absolute Gasteiger partial charge is 0.337 e. The fraction of sp³-hybridized carbons (Fsp3) is 0.133. The molecule has 0 radical (unpaired) electrons. The number of benzene rings is 1. The number of aromatic carboxylic acids is 1. The molecule has 0 saturated carbocycles. The molecule has 20 heavy (non-hydrogen) atoms. The van der Waals surface area contributed by atoms with Gasteiger partial charge in [0.2, 0.25) is 0 Å². The summed E-state index contributed by atoms with van der Waals surface area (Å²) in [5.74, 6) is -0.743. The Kier molecular flexibility index (Phi) is 3.67. The van der Waals surface area contributed by atoms with E-state index in [1.165, 1.54) is 13.2 Å². The zero-order valence-electron chi connectivity index (χ0n) is 11.0. The number of rotatable bonds is 3. The molecule has 2 aromatic rings. The lowest BCUT2D eigenvalue weighted by Gasteiger charge is -2.12. The molecule has 0 aliphatic heterocycles. The number of hydrogen-bond donors (Lipinski definition) is 1. The van der Waals surface area contributed by atoms with E-state index in [9.17, 15) is 9.90 Å². The summed E-state index contributed by atoms with van der Waals surface area (Å²) in [6, 6.07) is 10.1. The van der Waals surface area contributed by atoms with Gasteiger partial charge >= 0.3 is 5.97 Å². The summed E-state index contributed by atoms with van der Waals surface area (Å²) in [5, 5.41) is 18.3. The van der Waals surface area contributed by atoms with Crippen molar-refractivity contribution in [2.75, 3.05) is 7.11 Å². The number of methoxy groups -OCH3 is 1. The van der Waals surface area contributed by atoms with Crippen LogP contribution in [-0.2, 0) is 0 Å². The summed E-state index contributed by atoms with van der Waals surface area (Å²) in [6.45, 7) is 1.77. The lowest BCUT2D eigenvalue weighted by molar-refractivity contribution is 0.0697. The third kappa shape index (κ3) is 2.31. The number of carboxylic acid groups (broad SMARTS) is 1. The molecule has 0 bridgehead atoms. The van der Waals surface area contributed by atoms with E-state index in [2.05, 4.69) is 4.98 Å². The van der Waals surface area contributed by atoms with Gasteiger partial charge in [0.25, 0.3) is 0 Å². The molecule has 1 aromatic carbocycles. The van der Waals surface area contributed by atoms with Crippen molar-refractivity contribution in [1.82, 2.24) is 4.98 Å².